The van der Waals surface area contributed by atoms with Gasteiger partial charge in [0.2, 0.25) is 5.91 Å². The molecule has 3 amide bonds. The maximum atomic E-state index is 13.5. The number of nitrogens with zero attached hydrogens (tertiary/aromatic N) is 1. The molecule has 0 radical (unpaired) electrons. The van der Waals surface area contributed by atoms with Gasteiger partial charge in [0.25, 0.3) is 0 Å². The van der Waals surface area contributed by atoms with Gasteiger partial charge in [0.15, 0.2) is 11.5 Å². The van der Waals surface area contributed by atoms with E-state index in [1.165, 1.54) is 7.11 Å². The Balaban J connectivity index is 1.52. The minimum absolute atomic E-state index is 0.133. The number of carbonyl (C=O) groups excluding carboxylic acids is 2. The van der Waals surface area contributed by atoms with Gasteiger partial charge in [0.1, 0.15) is 6.04 Å². The topological polar surface area (TPSA) is 79.9 Å². The van der Waals surface area contributed by atoms with Gasteiger partial charge in [-0.25, -0.2) is 4.79 Å². The zero-order valence-corrected chi connectivity index (χ0v) is 18.7. The van der Waals surface area contributed by atoms with Gasteiger partial charge in [-0.3, -0.25) is 4.79 Å². The van der Waals surface area contributed by atoms with Crippen molar-refractivity contribution in [3.05, 3.63) is 83.9 Å². The first kappa shape index (κ1) is 22.2. The standard InChI is InChI=1S/C26H27N3O4/c1-32-23-13-12-20(17-24(23)33-2)27-26(31)28-21(16-18-8-4-3-5-9-18)25(30)29-15-14-19-10-6-7-11-22(19)29/h3-13,17,21H,14-16H2,1-2H3,(H2,27,28,31)/t21-/m0/s1. The van der Waals surface area contributed by atoms with Gasteiger partial charge in [-0.2, -0.15) is 0 Å². The van der Waals surface area contributed by atoms with Crippen LogP contribution in [0.4, 0.5) is 16.2 Å². The van der Waals surface area contributed by atoms with Crippen LogP contribution >= 0.6 is 0 Å². The number of nitrogens with one attached hydrogen (secondary N) is 2. The monoisotopic (exact) mass is 445 g/mol. The van der Waals surface area contributed by atoms with Crippen molar-refractivity contribution in [1.82, 2.24) is 5.32 Å². The van der Waals surface area contributed by atoms with Crippen LogP contribution in [0.3, 0.4) is 0 Å². The van der Waals surface area contributed by atoms with Crippen molar-refractivity contribution < 1.29 is 19.1 Å². The molecule has 1 atom stereocenters. The molecule has 1 aliphatic heterocycles. The Bertz CT molecular complexity index is 1130. The second kappa shape index (κ2) is 10.1. The Hall–Kier alpha value is -4.00. The van der Waals surface area contributed by atoms with Crippen molar-refractivity contribution in [2.24, 2.45) is 0 Å². The first-order chi connectivity index (χ1) is 16.1. The molecule has 170 valence electrons. The van der Waals surface area contributed by atoms with Crippen LogP contribution in [0, 0.1) is 0 Å². The molecule has 7 nitrogen and oxygen atoms in total. The van der Waals surface area contributed by atoms with Crippen molar-refractivity contribution in [2.75, 3.05) is 31.0 Å². The van der Waals surface area contributed by atoms with Crippen molar-refractivity contribution in [3.8, 4) is 11.5 Å². The largest absolute Gasteiger partial charge is 0.493 e. The first-order valence-electron chi connectivity index (χ1n) is 10.8. The van der Waals surface area contributed by atoms with Crippen LogP contribution in [0.25, 0.3) is 0 Å². The lowest BCUT2D eigenvalue weighted by atomic mass is 10.0. The highest BCUT2D eigenvalue weighted by Crippen LogP contribution is 2.30. The molecule has 0 aliphatic carbocycles. The Morgan fingerprint density at radius 3 is 2.42 bits per heavy atom. The number of para-hydroxylation sites is 1. The van der Waals surface area contributed by atoms with Crippen molar-refractivity contribution in [2.45, 2.75) is 18.9 Å². The predicted octanol–water partition coefficient (Wildman–Crippen LogP) is 4.03. The molecule has 1 aliphatic rings. The molecule has 3 aromatic carbocycles. The number of urea groups is 1. The summed E-state index contributed by atoms with van der Waals surface area (Å²) >= 11 is 0. The molecule has 0 spiro atoms. The molecule has 0 bridgehead atoms. The maximum Gasteiger partial charge on any atom is 0.319 e. The van der Waals surface area contributed by atoms with Crippen LogP contribution in [0.5, 0.6) is 11.5 Å². The smallest absolute Gasteiger partial charge is 0.319 e. The van der Waals surface area contributed by atoms with Gasteiger partial charge in [0.05, 0.1) is 14.2 Å². The number of rotatable bonds is 7. The molecule has 0 aromatic heterocycles. The van der Waals surface area contributed by atoms with Crippen molar-refractivity contribution in [1.29, 1.82) is 0 Å². The average molecular weight is 446 g/mol. The van der Waals surface area contributed by atoms with E-state index >= 15 is 0 Å². The predicted molar refractivity (Wildman–Crippen MR) is 128 cm³/mol. The summed E-state index contributed by atoms with van der Waals surface area (Å²) in [4.78, 5) is 28.2. The van der Waals surface area contributed by atoms with E-state index in [0.29, 0.717) is 30.2 Å². The second-order valence-electron chi connectivity index (χ2n) is 7.78. The molecule has 4 rings (SSSR count). The third kappa shape index (κ3) is 5.09. The number of hydrogen-bond donors (Lipinski definition) is 2. The summed E-state index contributed by atoms with van der Waals surface area (Å²) in [5.74, 6) is 0.931. The fourth-order valence-electron chi connectivity index (χ4n) is 4.04. The quantitative estimate of drug-likeness (QED) is 0.576. The zero-order chi connectivity index (χ0) is 23.2. The minimum atomic E-state index is -0.723. The first-order valence-corrected chi connectivity index (χ1v) is 10.8. The van der Waals surface area contributed by atoms with E-state index < -0.39 is 12.1 Å². The van der Waals surface area contributed by atoms with Gasteiger partial charge in [-0.05, 0) is 35.7 Å². The number of amides is 3. The number of ether oxygens (including phenoxy) is 2. The number of methoxy groups -OCH3 is 2. The number of benzene rings is 3. The third-order valence-electron chi connectivity index (χ3n) is 5.68. The lowest BCUT2D eigenvalue weighted by Gasteiger charge is -2.25. The fraction of sp³-hybridized carbons (Fsp3) is 0.231. The van der Waals surface area contributed by atoms with Crippen LogP contribution < -0.4 is 25.0 Å². The minimum Gasteiger partial charge on any atom is -0.493 e. The molecule has 3 aromatic rings. The summed E-state index contributed by atoms with van der Waals surface area (Å²) in [7, 11) is 3.08. The summed E-state index contributed by atoms with van der Waals surface area (Å²) in [6.07, 6.45) is 1.19. The molecule has 0 saturated carbocycles. The highest BCUT2D eigenvalue weighted by Gasteiger charge is 2.31. The van der Waals surface area contributed by atoms with Crippen molar-refractivity contribution >= 4 is 23.3 Å². The van der Waals surface area contributed by atoms with Gasteiger partial charge in [0, 0.05) is 30.4 Å². The Kier molecular flexibility index (Phi) is 6.78. The lowest BCUT2D eigenvalue weighted by molar-refractivity contribution is -0.120. The molecule has 0 unspecified atom stereocenters. The van der Waals surface area contributed by atoms with Gasteiger partial charge in [-0.1, -0.05) is 48.5 Å². The molecule has 7 heteroatoms. The summed E-state index contributed by atoms with van der Waals surface area (Å²) in [6.45, 7) is 0.600. The van der Waals surface area contributed by atoms with Gasteiger partial charge >= 0.3 is 6.03 Å². The Morgan fingerprint density at radius 1 is 0.939 bits per heavy atom. The van der Waals surface area contributed by atoms with Crippen LogP contribution in [-0.2, 0) is 17.6 Å². The van der Waals surface area contributed by atoms with E-state index in [9.17, 15) is 9.59 Å². The summed E-state index contributed by atoms with van der Waals surface area (Å²) in [5.41, 5.74) is 3.54. The van der Waals surface area contributed by atoms with Gasteiger partial charge in [-0.15, -0.1) is 0 Å². The van der Waals surface area contributed by atoms with E-state index in [0.717, 1.165) is 23.2 Å². The number of fused-ring (bicyclic) bond motifs is 1. The summed E-state index contributed by atoms with van der Waals surface area (Å²) < 4.78 is 10.5. The van der Waals surface area contributed by atoms with E-state index in [-0.39, 0.29) is 5.91 Å². The molecule has 33 heavy (non-hydrogen) atoms. The van der Waals surface area contributed by atoms with Crippen LogP contribution in [0.2, 0.25) is 0 Å². The van der Waals surface area contributed by atoms with Crippen LogP contribution in [0.15, 0.2) is 72.8 Å². The number of anilines is 2. The maximum absolute atomic E-state index is 13.5. The normalized spacial score (nSPS) is 13.1. The second-order valence-corrected chi connectivity index (χ2v) is 7.78. The molecule has 0 saturated heterocycles. The average Bonchev–Trinajstić information content (AvgIpc) is 3.28. The van der Waals surface area contributed by atoms with E-state index in [4.69, 9.17) is 9.47 Å². The number of carbonyl (C=O) groups is 2. The SMILES string of the molecule is COc1ccc(NC(=O)N[C@@H](Cc2ccccc2)C(=O)N2CCc3ccccc32)cc1OC. The highest BCUT2D eigenvalue weighted by molar-refractivity contribution is 6.02. The summed E-state index contributed by atoms with van der Waals surface area (Å²) in [6, 6.07) is 21.5. The lowest BCUT2D eigenvalue weighted by Crippen LogP contribution is -2.50. The molecular weight excluding hydrogens is 418 g/mol. The molecule has 2 N–H and O–H groups in total. The fourth-order valence-corrected chi connectivity index (χ4v) is 4.04. The highest BCUT2D eigenvalue weighted by atomic mass is 16.5. The van der Waals surface area contributed by atoms with Crippen molar-refractivity contribution in [3.63, 3.8) is 0 Å². The van der Waals surface area contributed by atoms with E-state index in [2.05, 4.69) is 10.6 Å². The van der Waals surface area contributed by atoms with Crippen LogP contribution in [-0.4, -0.2) is 38.7 Å². The number of hydrogen-bond acceptors (Lipinski definition) is 4. The Labute approximate surface area is 193 Å². The van der Waals surface area contributed by atoms with Gasteiger partial charge < -0.3 is 25.0 Å². The molecule has 1 heterocycles. The van der Waals surface area contributed by atoms with E-state index in [1.807, 2.05) is 54.6 Å². The third-order valence-corrected chi connectivity index (χ3v) is 5.68. The van der Waals surface area contributed by atoms with Crippen LogP contribution in [0.1, 0.15) is 11.1 Å². The zero-order valence-electron chi connectivity index (χ0n) is 18.7. The summed E-state index contributed by atoms with van der Waals surface area (Å²) in [5, 5.41) is 5.67. The van der Waals surface area contributed by atoms with E-state index in [1.54, 1.807) is 30.2 Å². The molecule has 0 fully saturated rings. The Morgan fingerprint density at radius 2 is 1.67 bits per heavy atom. The molecular formula is C26H27N3O4.